The maximum absolute atomic E-state index is 8.88. The molecule has 0 amide bonds. The molecule has 2 aromatic rings. The van der Waals surface area contributed by atoms with E-state index in [0.717, 1.165) is 30.2 Å². The maximum atomic E-state index is 8.88. The van der Waals surface area contributed by atoms with Crippen molar-refractivity contribution in [3.05, 3.63) is 70.8 Å². The van der Waals surface area contributed by atoms with Crippen molar-refractivity contribution in [3.8, 4) is 6.07 Å². The fourth-order valence-corrected chi connectivity index (χ4v) is 4.46. The molecule has 0 unspecified atom stereocenters. The molecule has 142 valence electrons. The zero-order valence-corrected chi connectivity index (χ0v) is 16.8. The number of unbranched alkanes of at least 4 members (excludes halogenated alkanes) is 2. The highest BCUT2D eigenvalue weighted by molar-refractivity contribution is 5.32. The van der Waals surface area contributed by atoms with Gasteiger partial charge in [-0.15, -0.1) is 0 Å². The Morgan fingerprint density at radius 3 is 1.96 bits per heavy atom. The Kier molecular flexibility index (Phi) is 7.52. The largest absolute Gasteiger partial charge is 0.192 e. The summed E-state index contributed by atoms with van der Waals surface area (Å²) in [6.07, 6.45) is 13.3. The Morgan fingerprint density at radius 1 is 0.815 bits per heavy atom. The van der Waals surface area contributed by atoms with Gasteiger partial charge in [0.05, 0.1) is 11.6 Å². The first-order chi connectivity index (χ1) is 13.3. The number of aryl methyl sites for hydroxylation is 2. The van der Waals surface area contributed by atoms with Gasteiger partial charge in [0.2, 0.25) is 0 Å². The smallest absolute Gasteiger partial charge is 0.0991 e. The molecule has 27 heavy (non-hydrogen) atoms. The molecule has 0 aromatic heterocycles. The minimum atomic E-state index is 0.739. The second-order valence-electron chi connectivity index (χ2n) is 8.26. The number of hydrogen-bond acceptors (Lipinski definition) is 1. The van der Waals surface area contributed by atoms with Gasteiger partial charge in [-0.05, 0) is 79.2 Å². The van der Waals surface area contributed by atoms with Crippen molar-refractivity contribution < 1.29 is 0 Å². The Bertz CT molecular complexity index is 712. The SMILES string of the molecule is CCCCCC1CCC(c2ccc(CCc3ccc(C#N)cc3)cc2)CC1. The Morgan fingerprint density at radius 2 is 1.41 bits per heavy atom. The quantitative estimate of drug-likeness (QED) is 0.457. The summed E-state index contributed by atoms with van der Waals surface area (Å²) in [5.74, 6) is 1.76. The van der Waals surface area contributed by atoms with E-state index in [0.29, 0.717) is 0 Å². The van der Waals surface area contributed by atoms with Crippen LogP contribution >= 0.6 is 0 Å². The van der Waals surface area contributed by atoms with E-state index >= 15 is 0 Å². The molecule has 3 rings (SSSR count). The fourth-order valence-electron chi connectivity index (χ4n) is 4.46. The molecule has 2 aromatic carbocycles. The predicted octanol–water partition coefficient (Wildman–Crippen LogP) is 7.20. The third-order valence-corrected chi connectivity index (χ3v) is 6.30. The van der Waals surface area contributed by atoms with E-state index in [1.807, 2.05) is 12.1 Å². The minimum absolute atomic E-state index is 0.739. The molecule has 0 aliphatic heterocycles. The Hall–Kier alpha value is -2.07. The van der Waals surface area contributed by atoms with E-state index in [2.05, 4.69) is 49.4 Å². The summed E-state index contributed by atoms with van der Waals surface area (Å²) in [7, 11) is 0. The number of nitrogens with zero attached hydrogens (tertiary/aromatic N) is 1. The summed E-state index contributed by atoms with van der Waals surface area (Å²) in [6.45, 7) is 2.30. The van der Waals surface area contributed by atoms with E-state index in [-0.39, 0.29) is 0 Å². The summed E-state index contributed by atoms with van der Waals surface area (Å²) in [5, 5.41) is 8.88. The molecule has 1 saturated carbocycles. The second kappa shape index (κ2) is 10.3. The zero-order chi connectivity index (χ0) is 18.9. The van der Waals surface area contributed by atoms with Gasteiger partial charge in [0.15, 0.2) is 0 Å². The number of rotatable bonds is 8. The average Bonchev–Trinajstić information content (AvgIpc) is 2.74. The lowest BCUT2D eigenvalue weighted by Gasteiger charge is -2.29. The number of hydrogen-bond donors (Lipinski definition) is 0. The first-order valence-electron chi connectivity index (χ1n) is 10.9. The zero-order valence-electron chi connectivity index (χ0n) is 16.8. The molecule has 1 heteroatoms. The Balaban J connectivity index is 1.45. The molecule has 1 aliphatic carbocycles. The molecule has 0 spiro atoms. The van der Waals surface area contributed by atoms with Crippen LogP contribution in [0, 0.1) is 17.2 Å². The van der Waals surface area contributed by atoms with Gasteiger partial charge in [0, 0.05) is 0 Å². The van der Waals surface area contributed by atoms with E-state index in [1.165, 1.54) is 62.5 Å². The minimum Gasteiger partial charge on any atom is -0.192 e. The maximum Gasteiger partial charge on any atom is 0.0991 e. The van der Waals surface area contributed by atoms with Gasteiger partial charge >= 0.3 is 0 Å². The van der Waals surface area contributed by atoms with Crippen LogP contribution in [0.25, 0.3) is 0 Å². The van der Waals surface area contributed by atoms with Crippen LogP contribution in [0.15, 0.2) is 48.5 Å². The highest BCUT2D eigenvalue weighted by Gasteiger charge is 2.21. The van der Waals surface area contributed by atoms with Crippen molar-refractivity contribution in [3.63, 3.8) is 0 Å². The van der Waals surface area contributed by atoms with Crippen LogP contribution in [0.4, 0.5) is 0 Å². The van der Waals surface area contributed by atoms with E-state index in [4.69, 9.17) is 5.26 Å². The molecule has 0 heterocycles. The molecule has 0 radical (unpaired) electrons. The summed E-state index contributed by atoms with van der Waals surface area (Å²) in [5.41, 5.74) is 5.00. The topological polar surface area (TPSA) is 23.8 Å². The standard InChI is InChI=1S/C26H33N/c1-2-3-4-5-21-12-16-25(17-13-21)26-18-14-23(15-19-26)7-6-22-8-10-24(20-27)11-9-22/h8-11,14-15,18-19,21,25H,2-7,12-13,16-17H2,1H3. The van der Waals surface area contributed by atoms with E-state index < -0.39 is 0 Å². The van der Waals surface area contributed by atoms with Crippen LogP contribution in [0.3, 0.4) is 0 Å². The highest BCUT2D eigenvalue weighted by atomic mass is 14.3. The van der Waals surface area contributed by atoms with Gasteiger partial charge in [-0.2, -0.15) is 5.26 Å². The molecule has 0 atom stereocenters. The lowest BCUT2D eigenvalue weighted by atomic mass is 9.77. The molecule has 0 saturated heterocycles. The normalized spacial score (nSPS) is 19.6. The first kappa shape index (κ1) is 19.7. The van der Waals surface area contributed by atoms with Crippen molar-refractivity contribution in [2.24, 2.45) is 5.92 Å². The van der Waals surface area contributed by atoms with Crippen LogP contribution in [0.1, 0.15) is 86.5 Å². The molecule has 0 bridgehead atoms. The van der Waals surface area contributed by atoms with Crippen molar-refractivity contribution in [2.75, 3.05) is 0 Å². The van der Waals surface area contributed by atoms with Gasteiger partial charge in [0.25, 0.3) is 0 Å². The van der Waals surface area contributed by atoms with E-state index in [1.54, 1.807) is 5.56 Å². The monoisotopic (exact) mass is 359 g/mol. The van der Waals surface area contributed by atoms with Gasteiger partial charge in [-0.1, -0.05) is 69.0 Å². The van der Waals surface area contributed by atoms with Crippen molar-refractivity contribution in [1.82, 2.24) is 0 Å². The molecule has 1 fully saturated rings. The molecule has 1 aliphatic rings. The van der Waals surface area contributed by atoms with Crippen molar-refractivity contribution in [2.45, 2.75) is 77.0 Å². The van der Waals surface area contributed by atoms with Gasteiger partial charge in [-0.25, -0.2) is 0 Å². The summed E-state index contributed by atoms with van der Waals surface area (Å²) in [6, 6.07) is 19.6. The van der Waals surface area contributed by atoms with Crippen LogP contribution in [-0.2, 0) is 12.8 Å². The van der Waals surface area contributed by atoms with E-state index in [9.17, 15) is 0 Å². The third-order valence-electron chi connectivity index (χ3n) is 6.30. The lowest BCUT2D eigenvalue weighted by Crippen LogP contribution is -2.13. The summed E-state index contributed by atoms with van der Waals surface area (Å²) >= 11 is 0. The van der Waals surface area contributed by atoms with Crippen molar-refractivity contribution >= 4 is 0 Å². The van der Waals surface area contributed by atoms with Gasteiger partial charge in [-0.3, -0.25) is 0 Å². The predicted molar refractivity (Wildman–Crippen MR) is 114 cm³/mol. The van der Waals surface area contributed by atoms with Gasteiger partial charge < -0.3 is 0 Å². The first-order valence-corrected chi connectivity index (χ1v) is 10.9. The van der Waals surface area contributed by atoms with Crippen LogP contribution in [0.2, 0.25) is 0 Å². The lowest BCUT2D eigenvalue weighted by molar-refractivity contribution is 0.303. The average molecular weight is 360 g/mol. The van der Waals surface area contributed by atoms with Crippen LogP contribution in [0.5, 0.6) is 0 Å². The fraction of sp³-hybridized carbons (Fsp3) is 0.500. The second-order valence-corrected chi connectivity index (χ2v) is 8.26. The third kappa shape index (κ3) is 5.96. The Labute approximate surface area is 165 Å². The molecule has 1 nitrogen and oxygen atoms in total. The van der Waals surface area contributed by atoms with Gasteiger partial charge in [0.1, 0.15) is 0 Å². The number of nitriles is 1. The molecular formula is C26H33N. The molecular weight excluding hydrogens is 326 g/mol. The summed E-state index contributed by atoms with van der Waals surface area (Å²) < 4.78 is 0. The van der Waals surface area contributed by atoms with Crippen LogP contribution < -0.4 is 0 Å². The molecule has 0 N–H and O–H groups in total. The summed E-state index contributed by atoms with van der Waals surface area (Å²) in [4.78, 5) is 0. The number of benzene rings is 2. The highest BCUT2D eigenvalue weighted by Crippen LogP contribution is 2.37. The van der Waals surface area contributed by atoms with Crippen LogP contribution in [-0.4, -0.2) is 0 Å². The van der Waals surface area contributed by atoms with Crippen molar-refractivity contribution in [1.29, 1.82) is 5.26 Å².